The van der Waals surface area contributed by atoms with Crippen LogP contribution in [0.2, 0.25) is 0 Å². The zero-order valence-corrected chi connectivity index (χ0v) is 15.7. The van der Waals surface area contributed by atoms with Gasteiger partial charge in [-0.3, -0.25) is 10.1 Å². The Morgan fingerprint density at radius 3 is 2.70 bits per heavy atom. The summed E-state index contributed by atoms with van der Waals surface area (Å²) in [5.41, 5.74) is 1.29. The molecule has 3 rings (SSSR count). The van der Waals surface area contributed by atoms with Crippen molar-refractivity contribution in [1.82, 2.24) is 15.2 Å². The molecule has 2 N–H and O–H groups in total. The lowest BCUT2D eigenvalue weighted by Crippen LogP contribution is -2.48. The number of carbonyl (C=O) groups excluding carboxylic acids is 3. The van der Waals surface area contributed by atoms with Crippen LogP contribution >= 0.6 is 0 Å². The Balaban J connectivity index is 1.51. The molecule has 144 valence electrons. The Bertz CT molecular complexity index is 858. The molecule has 1 saturated carbocycles. The number of amides is 3. The van der Waals surface area contributed by atoms with Gasteiger partial charge >= 0.3 is 12.0 Å². The van der Waals surface area contributed by atoms with E-state index in [0.717, 1.165) is 30.2 Å². The third-order valence-corrected chi connectivity index (χ3v) is 5.13. The predicted molar refractivity (Wildman–Crippen MR) is 101 cm³/mol. The fourth-order valence-electron chi connectivity index (χ4n) is 3.61. The minimum atomic E-state index is -0.649. The van der Waals surface area contributed by atoms with Gasteiger partial charge in [-0.05, 0) is 24.8 Å². The molecule has 2 aromatic rings. The molecule has 1 aromatic heterocycles. The molecule has 1 fully saturated rings. The molecule has 1 aromatic carbocycles. The Kier molecular flexibility index (Phi) is 5.78. The van der Waals surface area contributed by atoms with Gasteiger partial charge in [0.05, 0.1) is 5.56 Å². The number of imide groups is 1. The molecule has 0 aliphatic heterocycles. The second-order valence-corrected chi connectivity index (χ2v) is 7.14. The molecule has 27 heavy (non-hydrogen) atoms. The zero-order chi connectivity index (χ0) is 19.4. The first kappa shape index (κ1) is 18.9. The van der Waals surface area contributed by atoms with Crippen LogP contribution in [0.3, 0.4) is 0 Å². The van der Waals surface area contributed by atoms with Gasteiger partial charge in [-0.2, -0.15) is 0 Å². The number of para-hydroxylation sites is 1. The van der Waals surface area contributed by atoms with Gasteiger partial charge in [-0.15, -0.1) is 0 Å². The highest BCUT2D eigenvalue weighted by Crippen LogP contribution is 2.23. The van der Waals surface area contributed by atoms with Crippen molar-refractivity contribution in [3.05, 3.63) is 36.0 Å². The van der Waals surface area contributed by atoms with E-state index in [-0.39, 0.29) is 6.04 Å². The number of benzene rings is 1. The topological polar surface area (TPSA) is 89.4 Å². The fraction of sp³-hybridized carbons (Fsp3) is 0.450. The first-order valence-electron chi connectivity index (χ1n) is 9.27. The van der Waals surface area contributed by atoms with Crippen molar-refractivity contribution in [2.45, 2.75) is 38.6 Å². The molecule has 3 amide bonds. The summed E-state index contributed by atoms with van der Waals surface area (Å²) in [5, 5.41) is 5.82. The van der Waals surface area contributed by atoms with E-state index in [2.05, 4.69) is 17.6 Å². The number of aromatic nitrogens is 1. The molecule has 0 spiro atoms. The molecular formula is C20H25N3O4. The number of esters is 1. The van der Waals surface area contributed by atoms with E-state index >= 15 is 0 Å². The van der Waals surface area contributed by atoms with Crippen molar-refractivity contribution < 1.29 is 19.1 Å². The molecule has 7 heteroatoms. The third-order valence-electron chi connectivity index (χ3n) is 5.13. The first-order chi connectivity index (χ1) is 13.0. The molecule has 0 radical (unpaired) electrons. The van der Waals surface area contributed by atoms with Gasteiger partial charge in [-0.1, -0.05) is 38.0 Å². The van der Waals surface area contributed by atoms with E-state index in [1.165, 1.54) is 6.42 Å². The lowest BCUT2D eigenvalue weighted by atomic mass is 9.86. The Morgan fingerprint density at radius 2 is 1.93 bits per heavy atom. The van der Waals surface area contributed by atoms with Gasteiger partial charge in [0.2, 0.25) is 0 Å². The van der Waals surface area contributed by atoms with Gasteiger partial charge in [0, 0.05) is 30.2 Å². The van der Waals surface area contributed by atoms with E-state index in [0.29, 0.717) is 11.5 Å². The van der Waals surface area contributed by atoms with E-state index < -0.39 is 24.5 Å². The van der Waals surface area contributed by atoms with Crippen LogP contribution in [-0.2, 0) is 16.6 Å². The Morgan fingerprint density at radius 1 is 1.19 bits per heavy atom. The number of carbonyl (C=O) groups is 3. The van der Waals surface area contributed by atoms with Crippen molar-refractivity contribution >= 4 is 28.8 Å². The van der Waals surface area contributed by atoms with Crippen LogP contribution in [0.25, 0.3) is 10.9 Å². The van der Waals surface area contributed by atoms with Crippen LogP contribution in [0, 0.1) is 5.92 Å². The maximum Gasteiger partial charge on any atom is 0.340 e. The number of urea groups is 1. The predicted octanol–water partition coefficient (Wildman–Crippen LogP) is 2.74. The minimum absolute atomic E-state index is 0.0739. The first-order valence-corrected chi connectivity index (χ1v) is 9.27. The minimum Gasteiger partial charge on any atom is -0.452 e. The highest BCUT2D eigenvalue weighted by atomic mass is 16.5. The lowest BCUT2D eigenvalue weighted by Gasteiger charge is -2.29. The van der Waals surface area contributed by atoms with Gasteiger partial charge in [0.25, 0.3) is 5.91 Å². The van der Waals surface area contributed by atoms with Crippen LogP contribution in [-0.4, -0.2) is 35.1 Å². The fourth-order valence-corrected chi connectivity index (χ4v) is 3.61. The Labute approximate surface area is 158 Å². The maximum atomic E-state index is 12.3. The van der Waals surface area contributed by atoms with E-state index in [9.17, 15) is 14.4 Å². The molecule has 7 nitrogen and oxygen atoms in total. The number of hydrogen-bond donors (Lipinski definition) is 2. The summed E-state index contributed by atoms with van der Waals surface area (Å²) in [4.78, 5) is 36.2. The number of nitrogens with one attached hydrogen (secondary N) is 2. The average molecular weight is 371 g/mol. The van der Waals surface area contributed by atoms with Gasteiger partial charge in [-0.25, -0.2) is 9.59 Å². The molecular weight excluding hydrogens is 346 g/mol. The summed E-state index contributed by atoms with van der Waals surface area (Å²) in [6, 6.07) is 6.98. The summed E-state index contributed by atoms with van der Waals surface area (Å²) >= 11 is 0. The van der Waals surface area contributed by atoms with Gasteiger partial charge in [0.1, 0.15) is 0 Å². The van der Waals surface area contributed by atoms with Crippen molar-refractivity contribution in [1.29, 1.82) is 0 Å². The maximum absolute atomic E-state index is 12.3. The quantitative estimate of drug-likeness (QED) is 0.809. The standard InChI is InChI=1S/C20H25N3O4/c1-13-7-3-5-9-16(13)21-20(26)22-18(24)12-27-19(25)15-11-23(2)17-10-6-4-8-14(15)17/h4,6,8,10-11,13,16H,3,5,7,9,12H2,1-2H3,(H2,21,22,24,26)/t13-,16-/m0/s1. The summed E-state index contributed by atoms with van der Waals surface area (Å²) in [6.07, 6.45) is 5.90. The number of fused-ring (bicyclic) bond motifs is 1. The van der Waals surface area contributed by atoms with E-state index in [1.807, 2.05) is 35.9 Å². The number of hydrogen-bond acceptors (Lipinski definition) is 4. The SMILES string of the molecule is C[C@H]1CCCC[C@@H]1NC(=O)NC(=O)COC(=O)c1cn(C)c2ccccc12. The lowest BCUT2D eigenvalue weighted by molar-refractivity contribution is -0.123. The Hall–Kier alpha value is -2.83. The van der Waals surface area contributed by atoms with Crippen LogP contribution < -0.4 is 10.6 Å². The molecule has 0 saturated heterocycles. The van der Waals surface area contributed by atoms with Crippen LogP contribution in [0.4, 0.5) is 4.79 Å². The molecule has 1 heterocycles. The number of rotatable bonds is 4. The van der Waals surface area contributed by atoms with Crippen molar-refractivity contribution in [3.8, 4) is 0 Å². The zero-order valence-electron chi connectivity index (χ0n) is 15.7. The van der Waals surface area contributed by atoms with Crippen molar-refractivity contribution in [2.24, 2.45) is 13.0 Å². The van der Waals surface area contributed by atoms with Crippen LogP contribution in [0.5, 0.6) is 0 Å². The second kappa shape index (κ2) is 8.24. The largest absolute Gasteiger partial charge is 0.452 e. The molecule has 1 aliphatic rings. The molecule has 1 aliphatic carbocycles. The number of aryl methyl sites for hydroxylation is 1. The second-order valence-electron chi connectivity index (χ2n) is 7.14. The molecule has 0 bridgehead atoms. The average Bonchev–Trinajstić information content (AvgIpc) is 2.99. The summed E-state index contributed by atoms with van der Waals surface area (Å²) in [5.74, 6) is -0.850. The van der Waals surface area contributed by atoms with E-state index in [4.69, 9.17) is 4.74 Å². The number of ether oxygens (including phenoxy) is 1. The normalized spacial score (nSPS) is 19.5. The summed E-state index contributed by atoms with van der Waals surface area (Å²) < 4.78 is 6.90. The molecule has 0 unspecified atom stereocenters. The summed E-state index contributed by atoms with van der Waals surface area (Å²) in [6.45, 7) is 1.59. The van der Waals surface area contributed by atoms with Crippen LogP contribution in [0.1, 0.15) is 43.0 Å². The number of nitrogens with zero attached hydrogens (tertiary/aromatic N) is 1. The van der Waals surface area contributed by atoms with E-state index in [1.54, 1.807) is 6.20 Å². The van der Waals surface area contributed by atoms with Gasteiger partial charge in [0.15, 0.2) is 6.61 Å². The van der Waals surface area contributed by atoms with Gasteiger partial charge < -0.3 is 14.6 Å². The third kappa shape index (κ3) is 4.48. The van der Waals surface area contributed by atoms with Crippen molar-refractivity contribution in [3.63, 3.8) is 0 Å². The highest BCUT2D eigenvalue weighted by Gasteiger charge is 2.23. The van der Waals surface area contributed by atoms with Crippen molar-refractivity contribution in [2.75, 3.05) is 6.61 Å². The smallest absolute Gasteiger partial charge is 0.340 e. The highest BCUT2D eigenvalue weighted by molar-refractivity contribution is 6.05. The van der Waals surface area contributed by atoms with Crippen LogP contribution in [0.15, 0.2) is 30.5 Å². The monoisotopic (exact) mass is 371 g/mol. The molecule has 2 atom stereocenters. The summed E-state index contributed by atoms with van der Waals surface area (Å²) in [7, 11) is 1.84.